The van der Waals surface area contributed by atoms with E-state index < -0.39 is 11.9 Å². The third kappa shape index (κ3) is 0.716. The van der Waals surface area contributed by atoms with Crippen molar-refractivity contribution in [1.29, 1.82) is 0 Å². The van der Waals surface area contributed by atoms with Gasteiger partial charge in [-0.05, 0) is 18.8 Å². The SMILES string of the molecule is O=C(O)[C@@H]1[C@@H]2C[C@H]3[C@@H]1C(=O)O[C@@H]3C2. The summed E-state index contributed by atoms with van der Waals surface area (Å²) in [7, 11) is 0. The molecule has 1 N–H and O–H groups in total. The minimum atomic E-state index is -0.824. The zero-order valence-electron chi connectivity index (χ0n) is 6.97. The molecule has 13 heavy (non-hydrogen) atoms. The van der Waals surface area contributed by atoms with Gasteiger partial charge in [-0.3, -0.25) is 9.59 Å². The Hall–Kier alpha value is -1.06. The number of fused-ring (bicyclic) bond motifs is 1. The summed E-state index contributed by atoms with van der Waals surface area (Å²) in [5.41, 5.74) is 0. The van der Waals surface area contributed by atoms with Crippen molar-refractivity contribution in [2.75, 3.05) is 0 Å². The number of rotatable bonds is 1. The number of carbonyl (C=O) groups is 2. The second-order valence-electron chi connectivity index (χ2n) is 4.26. The molecule has 1 heterocycles. The lowest BCUT2D eigenvalue weighted by Crippen LogP contribution is -2.31. The number of carboxylic acid groups (broad SMARTS) is 1. The molecular weight excluding hydrogens is 172 g/mol. The predicted octanol–water partition coefficient (Wildman–Crippen LogP) is 0.269. The molecule has 4 heteroatoms. The van der Waals surface area contributed by atoms with E-state index in [1.807, 2.05) is 0 Å². The summed E-state index contributed by atoms with van der Waals surface area (Å²) >= 11 is 0. The Morgan fingerprint density at radius 2 is 2.23 bits per heavy atom. The van der Waals surface area contributed by atoms with Crippen LogP contribution in [0.5, 0.6) is 0 Å². The van der Waals surface area contributed by atoms with Crippen LogP contribution >= 0.6 is 0 Å². The summed E-state index contributed by atoms with van der Waals surface area (Å²) in [5.74, 6) is -1.50. The first-order chi connectivity index (χ1) is 6.18. The lowest BCUT2D eigenvalue weighted by Gasteiger charge is -2.19. The fraction of sp³-hybridized carbons (Fsp3) is 0.778. The predicted molar refractivity (Wildman–Crippen MR) is 40.7 cm³/mol. The summed E-state index contributed by atoms with van der Waals surface area (Å²) in [5, 5.41) is 8.97. The molecule has 0 aromatic carbocycles. The van der Waals surface area contributed by atoms with Gasteiger partial charge in [-0.1, -0.05) is 0 Å². The van der Waals surface area contributed by atoms with Crippen LogP contribution in [0.15, 0.2) is 0 Å². The van der Waals surface area contributed by atoms with Crippen molar-refractivity contribution in [1.82, 2.24) is 0 Å². The largest absolute Gasteiger partial charge is 0.481 e. The molecule has 3 rings (SSSR count). The minimum Gasteiger partial charge on any atom is -0.481 e. The third-order valence-corrected chi connectivity index (χ3v) is 3.77. The van der Waals surface area contributed by atoms with Crippen LogP contribution in [0.1, 0.15) is 12.8 Å². The molecular formula is C9H10O4. The standard InChI is InChI=1S/C9H10O4/c10-8(11)6-3-1-4-5(2-3)13-9(12)7(4)6/h3-7H,1-2H2,(H,10,11)/t3-,4-,5-,6-,7+/m1/s1. The van der Waals surface area contributed by atoms with Gasteiger partial charge in [-0.2, -0.15) is 0 Å². The van der Waals surface area contributed by atoms with Crippen molar-refractivity contribution in [3.8, 4) is 0 Å². The van der Waals surface area contributed by atoms with Crippen LogP contribution in [0.2, 0.25) is 0 Å². The van der Waals surface area contributed by atoms with E-state index in [2.05, 4.69) is 0 Å². The number of carboxylic acids is 1. The Kier molecular flexibility index (Phi) is 1.16. The highest BCUT2D eigenvalue weighted by Crippen LogP contribution is 2.57. The Morgan fingerprint density at radius 1 is 1.46 bits per heavy atom. The number of esters is 1. The lowest BCUT2D eigenvalue weighted by molar-refractivity contribution is -0.151. The van der Waals surface area contributed by atoms with Crippen LogP contribution in [0.4, 0.5) is 0 Å². The molecule has 0 unspecified atom stereocenters. The number of ether oxygens (including phenoxy) is 1. The van der Waals surface area contributed by atoms with E-state index in [0.29, 0.717) is 0 Å². The Bertz CT molecular complexity index is 296. The molecule has 70 valence electrons. The summed E-state index contributed by atoms with van der Waals surface area (Å²) < 4.78 is 5.12. The van der Waals surface area contributed by atoms with Crippen LogP contribution in [0.3, 0.4) is 0 Å². The van der Waals surface area contributed by atoms with E-state index in [1.165, 1.54) is 0 Å². The highest BCUT2D eigenvalue weighted by Gasteiger charge is 2.64. The number of carbonyl (C=O) groups excluding carboxylic acids is 1. The van der Waals surface area contributed by atoms with E-state index >= 15 is 0 Å². The molecule has 5 atom stereocenters. The van der Waals surface area contributed by atoms with Gasteiger partial charge in [0.05, 0.1) is 11.8 Å². The van der Waals surface area contributed by atoms with Gasteiger partial charge < -0.3 is 9.84 Å². The highest BCUT2D eigenvalue weighted by atomic mass is 16.6. The van der Waals surface area contributed by atoms with Crippen LogP contribution in [0, 0.1) is 23.7 Å². The first-order valence-corrected chi connectivity index (χ1v) is 4.62. The van der Waals surface area contributed by atoms with Gasteiger partial charge in [0.1, 0.15) is 6.10 Å². The van der Waals surface area contributed by atoms with Crippen molar-refractivity contribution in [3.05, 3.63) is 0 Å². The summed E-state index contributed by atoms with van der Waals surface area (Å²) in [6, 6.07) is 0. The van der Waals surface area contributed by atoms with Crippen LogP contribution in [0.25, 0.3) is 0 Å². The average Bonchev–Trinajstić information content (AvgIpc) is 2.60. The maximum Gasteiger partial charge on any atom is 0.310 e. The highest BCUT2D eigenvalue weighted by molar-refractivity contribution is 5.84. The molecule has 2 bridgehead atoms. The minimum absolute atomic E-state index is 0.0399. The number of hydrogen-bond acceptors (Lipinski definition) is 3. The average molecular weight is 182 g/mol. The van der Waals surface area contributed by atoms with Gasteiger partial charge in [0, 0.05) is 5.92 Å². The molecule has 0 amide bonds. The molecule has 2 aliphatic carbocycles. The van der Waals surface area contributed by atoms with Crippen molar-refractivity contribution in [2.45, 2.75) is 18.9 Å². The third-order valence-electron chi connectivity index (χ3n) is 3.77. The smallest absolute Gasteiger partial charge is 0.310 e. The van der Waals surface area contributed by atoms with Crippen molar-refractivity contribution >= 4 is 11.9 Å². The van der Waals surface area contributed by atoms with Crippen molar-refractivity contribution in [2.24, 2.45) is 23.7 Å². The van der Waals surface area contributed by atoms with Crippen LogP contribution in [-0.4, -0.2) is 23.1 Å². The second kappa shape index (κ2) is 2.05. The van der Waals surface area contributed by atoms with Crippen molar-refractivity contribution in [3.63, 3.8) is 0 Å². The molecule has 1 aliphatic heterocycles. The van der Waals surface area contributed by atoms with Crippen LogP contribution < -0.4 is 0 Å². The van der Waals surface area contributed by atoms with E-state index in [4.69, 9.17) is 9.84 Å². The number of aliphatic carboxylic acids is 1. The Balaban J connectivity index is 2.01. The zero-order chi connectivity index (χ0) is 9.16. The molecule has 0 radical (unpaired) electrons. The first kappa shape index (κ1) is 7.35. The summed E-state index contributed by atoms with van der Waals surface area (Å²) in [6.07, 6.45) is 1.68. The Morgan fingerprint density at radius 3 is 2.92 bits per heavy atom. The molecule has 2 saturated carbocycles. The van der Waals surface area contributed by atoms with Gasteiger partial charge in [0.15, 0.2) is 0 Å². The molecule has 0 spiro atoms. The van der Waals surface area contributed by atoms with E-state index in [0.717, 1.165) is 12.8 Å². The molecule has 3 aliphatic rings. The van der Waals surface area contributed by atoms with E-state index in [1.54, 1.807) is 0 Å². The van der Waals surface area contributed by atoms with Gasteiger partial charge >= 0.3 is 11.9 Å². The summed E-state index contributed by atoms with van der Waals surface area (Å²) in [6.45, 7) is 0. The fourth-order valence-corrected chi connectivity index (χ4v) is 3.34. The monoisotopic (exact) mass is 182 g/mol. The fourth-order valence-electron chi connectivity index (χ4n) is 3.34. The molecule has 0 aromatic heterocycles. The maximum absolute atomic E-state index is 11.3. The summed E-state index contributed by atoms with van der Waals surface area (Å²) in [4.78, 5) is 22.2. The van der Waals surface area contributed by atoms with Crippen molar-refractivity contribution < 1.29 is 19.4 Å². The second-order valence-corrected chi connectivity index (χ2v) is 4.26. The normalized spacial score (nSPS) is 51.1. The molecule has 4 nitrogen and oxygen atoms in total. The topological polar surface area (TPSA) is 63.6 Å². The van der Waals surface area contributed by atoms with Gasteiger partial charge in [-0.15, -0.1) is 0 Å². The molecule has 1 saturated heterocycles. The molecule has 3 fully saturated rings. The number of hydrogen-bond donors (Lipinski definition) is 1. The quantitative estimate of drug-likeness (QED) is 0.591. The van der Waals surface area contributed by atoms with Gasteiger partial charge in [0.2, 0.25) is 0 Å². The molecule has 0 aromatic rings. The van der Waals surface area contributed by atoms with E-state index in [9.17, 15) is 9.59 Å². The van der Waals surface area contributed by atoms with Gasteiger partial charge in [-0.25, -0.2) is 0 Å². The van der Waals surface area contributed by atoms with Crippen LogP contribution in [-0.2, 0) is 14.3 Å². The maximum atomic E-state index is 11.3. The zero-order valence-corrected chi connectivity index (χ0v) is 6.97. The lowest BCUT2D eigenvalue weighted by atomic mass is 9.80. The van der Waals surface area contributed by atoms with Gasteiger partial charge in [0.25, 0.3) is 0 Å². The first-order valence-electron chi connectivity index (χ1n) is 4.62. The van der Waals surface area contributed by atoms with E-state index in [-0.39, 0.29) is 29.8 Å². The Labute approximate surface area is 74.9 Å².